The van der Waals surface area contributed by atoms with Crippen molar-refractivity contribution in [3.05, 3.63) is 22.3 Å². The number of hydrogen-bond acceptors (Lipinski definition) is 5. The first-order valence-corrected chi connectivity index (χ1v) is 8.68. The van der Waals surface area contributed by atoms with Crippen molar-refractivity contribution in [2.45, 2.75) is 64.2 Å². The molecule has 1 N–H and O–H groups in total. The molecule has 0 aliphatic heterocycles. The fourth-order valence-corrected chi connectivity index (χ4v) is 2.81. The molecule has 122 valence electrons. The van der Waals surface area contributed by atoms with E-state index in [4.69, 9.17) is 28.0 Å². The van der Waals surface area contributed by atoms with Crippen LogP contribution in [0.5, 0.6) is 6.01 Å². The van der Waals surface area contributed by atoms with Gasteiger partial charge in [-0.25, -0.2) is 5.48 Å². The molecule has 0 atom stereocenters. The van der Waals surface area contributed by atoms with Crippen molar-refractivity contribution in [1.29, 1.82) is 0 Å². The molecule has 1 aromatic rings. The van der Waals surface area contributed by atoms with E-state index in [1.807, 2.05) is 0 Å². The smallest absolute Gasteiger partial charge is 0.340 e. The van der Waals surface area contributed by atoms with Crippen molar-refractivity contribution >= 4 is 23.2 Å². The normalized spacial score (nSPS) is 17.8. The molecule has 1 aliphatic rings. The van der Waals surface area contributed by atoms with Gasteiger partial charge in [0, 0.05) is 5.70 Å². The van der Waals surface area contributed by atoms with Gasteiger partial charge in [0.05, 0.1) is 0 Å². The second kappa shape index (κ2) is 9.85. The van der Waals surface area contributed by atoms with E-state index in [1.54, 1.807) is 0 Å². The molecule has 0 bridgehead atoms. The standard InChI is InChI=1S/C15H22Cl2N4O/c16-13-18-14(17)20-15(19-13)22-21-12-10-8-6-4-2-1-3-5-7-9-11-12/h10,21H,1-9,11H2. The molecule has 5 nitrogen and oxygen atoms in total. The maximum absolute atomic E-state index is 5.72. The van der Waals surface area contributed by atoms with Gasteiger partial charge in [0.1, 0.15) is 0 Å². The lowest BCUT2D eigenvalue weighted by molar-refractivity contribution is 0.202. The van der Waals surface area contributed by atoms with E-state index in [-0.39, 0.29) is 16.6 Å². The van der Waals surface area contributed by atoms with E-state index < -0.39 is 0 Å². The van der Waals surface area contributed by atoms with Crippen LogP contribution < -0.4 is 10.3 Å². The van der Waals surface area contributed by atoms with Crippen LogP contribution in [0.25, 0.3) is 0 Å². The quantitative estimate of drug-likeness (QED) is 0.793. The van der Waals surface area contributed by atoms with Crippen molar-refractivity contribution in [1.82, 2.24) is 20.4 Å². The van der Waals surface area contributed by atoms with Gasteiger partial charge in [-0.1, -0.05) is 44.6 Å². The first-order valence-electron chi connectivity index (χ1n) is 7.93. The Labute approximate surface area is 141 Å². The minimum Gasteiger partial charge on any atom is -0.340 e. The van der Waals surface area contributed by atoms with Gasteiger partial charge in [0.15, 0.2) is 0 Å². The Balaban J connectivity index is 1.89. The summed E-state index contributed by atoms with van der Waals surface area (Å²) in [4.78, 5) is 16.8. The largest absolute Gasteiger partial charge is 0.348 e. The predicted octanol–water partition coefficient (Wildman–Crippen LogP) is 4.86. The van der Waals surface area contributed by atoms with Gasteiger partial charge in [-0.15, -0.1) is 0 Å². The summed E-state index contributed by atoms with van der Waals surface area (Å²) in [6.45, 7) is 0. The molecule has 0 saturated heterocycles. The van der Waals surface area contributed by atoms with Crippen LogP contribution in [0.15, 0.2) is 11.8 Å². The molecule has 0 aromatic carbocycles. The Morgan fingerprint density at radius 1 is 0.818 bits per heavy atom. The number of halogens is 2. The topological polar surface area (TPSA) is 59.9 Å². The summed E-state index contributed by atoms with van der Waals surface area (Å²) in [5.41, 5.74) is 4.00. The number of aromatic nitrogens is 3. The lowest BCUT2D eigenvalue weighted by atomic mass is 10.0. The zero-order valence-corrected chi connectivity index (χ0v) is 14.2. The summed E-state index contributed by atoms with van der Waals surface area (Å²) in [6.07, 6.45) is 14.5. The molecule has 0 radical (unpaired) electrons. The van der Waals surface area contributed by atoms with Crippen molar-refractivity contribution in [3.8, 4) is 6.01 Å². The SMILES string of the molecule is Clc1nc(Cl)nc(ONC2=CCCCCCCCCCC2)n1. The molecule has 0 fully saturated rings. The first-order chi connectivity index (χ1) is 10.7. The van der Waals surface area contributed by atoms with Crippen LogP contribution in [0.1, 0.15) is 64.2 Å². The van der Waals surface area contributed by atoms with Gasteiger partial charge < -0.3 is 4.84 Å². The number of rotatable bonds is 3. The number of nitrogens with one attached hydrogen (secondary N) is 1. The maximum atomic E-state index is 5.72. The van der Waals surface area contributed by atoms with E-state index in [9.17, 15) is 0 Å². The van der Waals surface area contributed by atoms with Crippen LogP contribution in [-0.2, 0) is 0 Å². The van der Waals surface area contributed by atoms with E-state index in [2.05, 4.69) is 26.5 Å². The third-order valence-corrected chi connectivity index (χ3v) is 3.96. The molecule has 7 heteroatoms. The molecule has 22 heavy (non-hydrogen) atoms. The first kappa shape index (κ1) is 17.3. The van der Waals surface area contributed by atoms with Gasteiger partial charge in [0.25, 0.3) is 0 Å². The van der Waals surface area contributed by atoms with Crippen LogP contribution in [-0.4, -0.2) is 15.0 Å². The minimum atomic E-state index is 0.0180. The molecule has 1 aromatic heterocycles. The number of allylic oxidation sites excluding steroid dienone is 2. The molecule has 2 rings (SSSR count). The summed E-state index contributed by atoms with van der Waals surface area (Å²) in [5, 5.41) is 0.0361. The van der Waals surface area contributed by atoms with E-state index >= 15 is 0 Å². The molecule has 1 heterocycles. The van der Waals surface area contributed by atoms with Gasteiger partial charge >= 0.3 is 6.01 Å². The Kier molecular flexibility index (Phi) is 7.74. The second-order valence-electron chi connectivity index (χ2n) is 5.46. The predicted molar refractivity (Wildman–Crippen MR) is 87.9 cm³/mol. The Morgan fingerprint density at radius 3 is 2.09 bits per heavy atom. The van der Waals surface area contributed by atoms with Gasteiger partial charge in [0.2, 0.25) is 10.6 Å². The summed E-state index contributed by atoms with van der Waals surface area (Å²) in [5.74, 6) is 0. The summed E-state index contributed by atoms with van der Waals surface area (Å²) < 4.78 is 0. The highest BCUT2D eigenvalue weighted by Crippen LogP contribution is 2.16. The minimum absolute atomic E-state index is 0.0180. The van der Waals surface area contributed by atoms with Crippen LogP contribution in [0, 0.1) is 0 Å². The Bertz CT molecular complexity index is 476. The zero-order chi connectivity index (χ0) is 15.6. The number of hydrogen-bond donors (Lipinski definition) is 1. The third-order valence-electron chi connectivity index (χ3n) is 3.62. The number of nitrogens with zero attached hydrogens (tertiary/aromatic N) is 3. The molecular weight excluding hydrogens is 323 g/mol. The molecule has 0 unspecified atom stereocenters. The van der Waals surface area contributed by atoms with Crippen molar-refractivity contribution in [2.75, 3.05) is 0 Å². The van der Waals surface area contributed by atoms with Crippen molar-refractivity contribution in [3.63, 3.8) is 0 Å². The molecule has 0 spiro atoms. The fourth-order valence-electron chi connectivity index (χ4n) is 2.46. The summed E-state index contributed by atoms with van der Waals surface area (Å²) in [6, 6.07) is 0.0806. The third kappa shape index (κ3) is 6.79. The highest BCUT2D eigenvalue weighted by Gasteiger charge is 2.06. The molecule has 0 amide bonds. The molecule has 0 saturated carbocycles. The Morgan fingerprint density at radius 2 is 1.41 bits per heavy atom. The second-order valence-corrected chi connectivity index (χ2v) is 6.13. The molecular formula is C15H22Cl2N4O. The monoisotopic (exact) mass is 344 g/mol. The van der Waals surface area contributed by atoms with E-state index in [0.29, 0.717) is 0 Å². The average molecular weight is 345 g/mol. The van der Waals surface area contributed by atoms with Crippen LogP contribution in [0.2, 0.25) is 10.6 Å². The highest BCUT2D eigenvalue weighted by atomic mass is 35.5. The lowest BCUT2D eigenvalue weighted by Crippen LogP contribution is -2.20. The number of hydroxylamine groups is 1. The van der Waals surface area contributed by atoms with Crippen LogP contribution >= 0.6 is 23.2 Å². The fraction of sp³-hybridized carbons (Fsp3) is 0.667. The van der Waals surface area contributed by atoms with Crippen molar-refractivity contribution in [2.24, 2.45) is 0 Å². The van der Waals surface area contributed by atoms with Crippen LogP contribution in [0.4, 0.5) is 0 Å². The highest BCUT2D eigenvalue weighted by molar-refractivity contribution is 6.31. The molecule has 1 aliphatic carbocycles. The summed E-state index contributed by atoms with van der Waals surface area (Å²) >= 11 is 11.4. The van der Waals surface area contributed by atoms with E-state index in [1.165, 1.54) is 44.9 Å². The van der Waals surface area contributed by atoms with Gasteiger partial charge in [-0.2, -0.15) is 15.0 Å². The van der Waals surface area contributed by atoms with Crippen molar-refractivity contribution < 1.29 is 4.84 Å². The zero-order valence-electron chi connectivity index (χ0n) is 12.7. The Hall–Kier alpha value is -1.07. The van der Waals surface area contributed by atoms with E-state index in [0.717, 1.165) is 25.0 Å². The maximum Gasteiger partial charge on any atom is 0.348 e. The van der Waals surface area contributed by atoms with Crippen LogP contribution in [0.3, 0.4) is 0 Å². The van der Waals surface area contributed by atoms with Gasteiger partial charge in [-0.05, 0) is 48.9 Å². The van der Waals surface area contributed by atoms with Gasteiger partial charge in [-0.3, -0.25) is 0 Å². The lowest BCUT2D eigenvalue weighted by Gasteiger charge is -2.12. The average Bonchev–Trinajstić information content (AvgIpc) is 2.46. The summed E-state index contributed by atoms with van der Waals surface area (Å²) in [7, 11) is 0.